The predicted molar refractivity (Wildman–Crippen MR) is 99.2 cm³/mol. The number of benzene rings is 1. The molecule has 8 heteroatoms. The topological polar surface area (TPSA) is 86.1 Å². The van der Waals surface area contributed by atoms with E-state index in [1.54, 1.807) is 31.5 Å². The Bertz CT molecular complexity index is 981. The molecule has 2 aromatic heterocycles. The van der Waals surface area contributed by atoms with Crippen LogP contribution in [-0.2, 0) is 34.3 Å². The van der Waals surface area contributed by atoms with Gasteiger partial charge in [0, 0.05) is 19.9 Å². The van der Waals surface area contributed by atoms with Crippen molar-refractivity contribution in [1.29, 1.82) is 0 Å². The number of nitrogens with one attached hydrogen (secondary N) is 1. The van der Waals surface area contributed by atoms with Gasteiger partial charge < -0.3 is 9.30 Å². The lowest BCUT2D eigenvalue weighted by molar-refractivity contribution is 0.187. The van der Waals surface area contributed by atoms with Crippen LogP contribution in [0.4, 0.5) is 0 Å². The number of hydrogen-bond acceptors (Lipinski definition) is 5. The van der Waals surface area contributed by atoms with Crippen molar-refractivity contribution in [3.05, 3.63) is 54.0 Å². The van der Waals surface area contributed by atoms with E-state index in [4.69, 9.17) is 4.74 Å². The number of methoxy groups -OCH3 is 1. The summed E-state index contributed by atoms with van der Waals surface area (Å²) in [6.07, 6.45) is 2.56. The van der Waals surface area contributed by atoms with Crippen LogP contribution in [0.3, 0.4) is 0 Å². The van der Waals surface area contributed by atoms with Gasteiger partial charge in [0.25, 0.3) is 0 Å². The quantitative estimate of drug-likeness (QED) is 0.653. The van der Waals surface area contributed by atoms with Crippen LogP contribution < -0.4 is 4.72 Å². The number of aromatic nitrogens is 3. The van der Waals surface area contributed by atoms with Gasteiger partial charge in [-0.3, -0.25) is 0 Å². The number of sulfonamides is 1. The lowest BCUT2D eigenvalue weighted by atomic mass is 10.2. The largest absolute Gasteiger partial charge is 0.383 e. The second kappa shape index (κ2) is 7.94. The average molecular weight is 374 g/mol. The Morgan fingerprint density at radius 2 is 1.96 bits per heavy atom. The van der Waals surface area contributed by atoms with Gasteiger partial charge in [-0.15, -0.1) is 0 Å². The van der Waals surface area contributed by atoms with Crippen molar-refractivity contribution in [2.24, 2.45) is 0 Å². The summed E-state index contributed by atoms with van der Waals surface area (Å²) in [5.74, 6) is 0.601. The maximum atomic E-state index is 12.6. The molecule has 1 N–H and O–H groups in total. The molecule has 0 bridgehead atoms. The number of nitrogens with zero attached hydrogens (tertiary/aromatic N) is 3. The van der Waals surface area contributed by atoms with E-state index in [-0.39, 0.29) is 11.4 Å². The SMILES string of the molecule is CCc1ccc(S(=O)(=O)NCc2nc3cccnc3n2CCOC)cc1. The molecular formula is C18H22N4O3S. The molecule has 0 saturated carbocycles. The van der Waals surface area contributed by atoms with E-state index in [2.05, 4.69) is 14.7 Å². The number of ether oxygens (including phenoxy) is 1. The van der Waals surface area contributed by atoms with Crippen LogP contribution in [0.25, 0.3) is 11.2 Å². The zero-order chi connectivity index (χ0) is 18.6. The molecule has 0 amide bonds. The number of imidazole rings is 1. The standard InChI is InChI=1S/C18H22N4O3S/c1-3-14-6-8-15(9-7-14)26(23,24)20-13-17-21-16-5-4-10-19-18(16)22(17)11-12-25-2/h4-10,20H,3,11-13H2,1-2H3. The Morgan fingerprint density at radius 3 is 2.65 bits per heavy atom. The van der Waals surface area contributed by atoms with Crippen LogP contribution in [0.15, 0.2) is 47.5 Å². The van der Waals surface area contributed by atoms with Crippen LogP contribution in [-0.4, -0.2) is 36.7 Å². The highest BCUT2D eigenvalue weighted by Crippen LogP contribution is 2.15. The van der Waals surface area contributed by atoms with E-state index in [1.807, 2.05) is 29.7 Å². The highest BCUT2D eigenvalue weighted by Gasteiger charge is 2.17. The monoisotopic (exact) mass is 374 g/mol. The zero-order valence-electron chi connectivity index (χ0n) is 14.8. The first-order chi connectivity index (χ1) is 12.5. The minimum absolute atomic E-state index is 0.0813. The molecule has 2 heterocycles. The minimum Gasteiger partial charge on any atom is -0.383 e. The van der Waals surface area contributed by atoms with Gasteiger partial charge in [0.2, 0.25) is 10.0 Å². The maximum absolute atomic E-state index is 12.6. The molecule has 138 valence electrons. The van der Waals surface area contributed by atoms with Crippen molar-refractivity contribution < 1.29 is 13.2 Å². The van der Waals surface area contributed by atoms with Gasteiger partial charge in [0.15, 0.2) is 5.65 Å². The normalized spacial score (nSPS) is 11.9. The first-order valence-electron chi connectivity index (χ1n) is 8.43. The molecule has 0 unspecified atom stereocenters. The van der Waals surface area contributed by atoms with Gasteiger partial charge in [-0.25, -0.2) is 23.1 Å². The molecule has 0 atom stereocenters. The van der Waals surface area contributed by atoms with Crippen molar-refractivity contribution in [3.63, 3.8) is 0 Å². The molecule has 0 aliphatic carbocycles. The highest BCUT2D eigenvalue weighted by atomic mass is 32.2. The molecule has 0 radical (unpaired) electrons. The molecule has 26 heavy (non-hydrogen) atoms. The molecule has 0 saturated heterocycles. The van der Waals surface area contributed by atoms with Gasteiger partial charge in [-0.1, -0.05) is 19.1 Å². The number of pyridine rings is 1. The Kier molecular flexibility index (Phi) is 5.65. The number of rotatable bonds is 8. The molecule has 0 aliphatic heterocycles. The smallest absolute Gasteiger partial charge is 0.240 e. The maximum Gasteiger partial charge on any atom is 0.240 e. The summed E-state index contributed by atoms with van der Waals surface area (Å²) in [6, 6.07) is 10.6. The molecule has 0 fully saturated rings. The van der Waals surface area contributed by atoms with Crippen molar-refractivity contribution in [1.82, 2.24) is 19.3 Å². The third-order valence-electron chi connectivity index (χ3n) is 4.16. The van der Waals surface area contributed by atoms with Crippen molar-refractivity contribution in [2.45, 2.75) is 31.3 Å². The van der Waals surface area contributed by atoms with Gasteiger partial charge in [0.1, 0.15) is 11.3 Å². The van der Waals surface area contributed by atoms with E-state index in [0.717, 1.165) is 17.5 Å². The van der Waals surface area contributed by atoms with Crippen LogP contribution in [0.1, 0.15) is 18.3 Å². The number of hydrogen-bond donors (Lipinski definition) is 1. The van der Waals surface area contributed by atoms with Gasteiger partial charge in [-0.2, -0.15) is 0 Å². The highest BCUT2D eigenvalue weighted by molar-refractivity contribution is 7.89. The fraction of sp³-hybridized carbons (Fsp3) is 0.333. The Morgan fingerprint density at radius 1 is 1.19 bits per heavy atom. The van der Waals surface area contributed by atoms with Crippen molar-refractivity contribution in [3.8, 4) is 0 Å². The molecule has 1 aromatic carbocycles. The van der Waals surface area contributed by atoms with Crippen molar-refractivity contribution in [2.75, 3.05) is 13.7 Å². The zero-order valence-corrected chi connectivity index (χ0v) is 15.7. The second-order valence-electron chi connectivity index (χ2n) is 5.84. The van der Waals surface area contributed by atoms with E-state index in [0.29, 0.717) is 24.6 Å². The molecular weight excluding hydrogens is 352 g/mol. The lowest BCUT2D eigenvalue weighted by Gasteiger charge is -2.10. The first kappa shape index (κ1) is 18.5. The van der Waals surface area contributed by atoms with Gasteiger partial charge in [-0.05, 0) is 36.2 Å². The summed E-state index contributed by atoms with van der Waals surface area (Å²) in [7, 11) is -1.99. The fourth-order valence-corrected chi connectivity index (χ4v) is 3.69. The van der Waals surface area contributed by atoms with E-state index >= 15 is 0 Å². The second-order valence-corrected chi connectivity index (χ2v) is 7.61. The number of fused-ring (bicyclic) bond motifs is 1. The minimum atomic E-state index is -3.61. The Balaban J connectivity index is 1.83. The third kappa shape index (κ3) is 3.92. The van der Waals surface area contributed by atoms with Crippen LogP contribution in [0, 0.1) is 0 Å². The van der Waals surface area contributed by atoms with Crippen LogP contribution in [0.2, 0.25) is 0 Å². The molecule has 3 rings (SSSR count). The van der Waals surface area contributed by atoms with Crippen LogP contribution in [0.5, 0.6) is 0 Å². The van der Waals surface area contributed by atoms with E-state index in [9.17, 15) is 8.42 Å². The molecule has 3 aromatic rings. The van der Waals surface area contributed by atoms with E-state index in [1.165, 1.54) is 0 Å². The Hall–Kier alpha value is -2.29. The first-order valence-corrected chi connectivity index (χ1v) is 9.91. The Labute approximate surface area is 153 Å². The summed E-state index contributed by atoms with van der Waals surface area (Å²) in [4.78, 5) is 9.09. The summed E-state index contributed by atoms with van der Waals surface area (Å²) >= 11 is 0. The van der Waals surface area contributed by atoms with Crippen LogP contribution >= 0.6 is 0 Å². The summed E-state index contributed by atoms with van der Waals surface area (Å²) < 4.78 is 34.8. The van der Waals surface area contributed by atoms with E-state index < -0.39 is 10.0 Å². The molecule has 7 nitrogen and oxygen atoms in total. The summed E-state index contributed by atoms with van der Waals surface area (Å²) in [5.41, 5.74) is 2.53. The third-order valence-corrected chi connectivity index (χ3v) is 5.58. The summed E-state index contributed by atoms with van der Waals surface area (Å²) in [5, 5.41) is 0. The average Bonchev–Trinajstić information content (AvgIpc) is 3.02. The van der Waals surface area contributed by atoms with Gasteiger partial charge >= 0.3 is 0 Å². The number of aryl methyl sites for hydroxylation is 1. The fourth-order valence-electron chi connectivity index (χ4n) is 2.71. The van der Waals surface area contributed by atoms with Gasteiger partial charge in [0.05, 0.1) is 18.0 Å². The predicted octanol–water partition coefficient (Wildman–Crippen LogP) is 2.12. The molecule has 0 spiro atoms. The lowest BCUT2D eigenvalue weighted by Crippen LogP contribution is -2.25. The van der Waals surface area contributed by atoms with Crippen molar-refractivity contribution >= 4 is 21.2 Å². The summed E-state index contributed by atoms with van der Waals surface area (Å²) in [6.45, 7) is 3.14. The molecule has 0 aliphatic rings.